The predicted octanol–water partition coefficient (Wildman–Crippen LogP) is 1.27. The number of carbonyl (C=O) groups is 2. The number of aromatic nitrogens is 1. The molecule has 20 heavy (non-hydrogen) atoms. The lowest BCUT2D eigenvalue weighted by atomic mass is 10.0. The molecule has 0 saturated carbocycles. The number of thiazole rings is 1. The van der Waals surface area contributed by atoms with E-state index >= 15 is 0 Å². The SMILES string of the molecule is Cc1nc(N)sc1C(=O)NC(CC(C)C)C(=O)N(C)C. The number of likely N-dealkylation sites (N-methyl/N-ethyl adjacent to an activating group) is 1. The third-order valence-corrected chi connectivity index (χ3v) is 3.76. The molecule has 1 atom stereocenters. The van der Waals surface area contributed by atoms with E-state index in [0.717, 1.165) is 11.3 Å². The number of hydrogen-bond acceptors (Lipinski definition) is 5. The average Bonchev–Trinajstić information content (AvgIpc) is 2.65. The van der Waals surface area contributed by atoms with Gasteiger partial charge >= 0.3 is 0 Å². The number of hydrogen-bond donors (Lipinski definition) is 2. The van der Waals surface area contributed by atoms with Gasteiger partial charge in [-0.05, 0) is 19.3 Å². The maximum Gasteiger partial charge on any atom is 0.264 e. The highest BCUT2D eigenvalue weighted by Crippen LogP contribution is 2.20. The topological polar surface area (TPSA) is 88.3 Å². The summed E-state index contributed by atoms with van der Waals surface area (Å²) in [6, 6.07) is -0.528. The van der Waals surface area contributed by atoms with Gasteiger partial charge in [-0.15, -0.1) is 0 Å². The maximum absolute atomic E-state index is 12.2. The number of amides is 2. The van der Waals surface area contributed by atoms with Crippen LogP contribution in [0.4, 0.5) is 5.13 Å². The number of nitrogens with zero attached hydrogens (tertiary/aromatic N) is 2. The average molecular weight is 298 g/mol. The Bertz CT molecular complexity index is 497. The van der Waals surface area contributed by atoms with Crippen LogP contribution in [0.3, 0.4) is 0 Å². The van der Waals surface area contributed by atoms with E-state index in [1.54, 1.807) is 21.0 Å². The van der Waals surface area contributed by atoms with Gasteiger partial charge in [0.2, 0.25) is 5.91 Å². The van der Waals surface area contributed by atoms with Crippen LogP contribution in [-0.4, -0.2) is 41.8 Å². The first kappa shape index (κ1) is 16.4. The van der Waals surface area contributed by atoms with Crippen molar-refractivity contribution < 1.29 is 9.59 Å². The van der Waals surface area contributed by atoms with Crippen molar-refractivity contribution in [1.82, 2.24) is 15.2 Å². The molecule has 0 aliphatic carbocycles. The number of aryl methyl sites for hydroxylation is 1. The molecule has 0 spiro atoms. The van der Waals surface area contributed by atoms with Gasteiger partial charge in [0.25, 0.3) is 5.91 Å². The van der Waals surface area contributed by atoms with Crippen molar-refractivity contribution in [2.24, 2.45) is 5.92 Å². The summed E-state index contributed by atoms with van der Waals surface area (Å²) < 4.78 is 0. The molecule has 0 bridgehead atoms. The molecule has 1 rings (SSSR count). The van der Waals surface area contributed by atoms with E-state index in [0.29, 0.717) is 28.0 Å². The van der Waals surface area contributed by atoms with Gasteiger partial charge in [-0.3, -0.25) is 9.59 Å². The normalized spacial score (nSPS) is 12.3. The van der Waals surface area contributed by atoms with Crippen molar-refractivity contribution in [3.63, 3.8) is 0 Å². The highest BCUT2D eigenvalue weighted by molar-refractivity contribution is 7.17. The number of carbonyl (C=O) groups excluding carboxylic acids is 2. The van der Waals surface area contributed by atoms with Crippen LogP contribution in [0, 0.1) is 12.8 Å². The van der Waals surface area contributed by atoms with Crippen LogP contribution >= 0.6 is 11.3 Å². The lowest BCUT2D eigenvalue weighted by Gasteiger charge is -2.23. The Hall–Kier alpha value is -1.63. The Morgan fingerprint density at radius 1 is 1.40 bits per heavy atom. The summed E-state index contributed by atoms with van der Waals surface area (Å²) in [7, 11) is 3.36. The zero-order valence-corrected chi connectivity index (χ0v) is 13.4. The van der Waals surface area contributed by atoms with Gasteiger partial charge in [-0.1, -0.05) is 25.2 Å². The summed E-state index contributed by atoms with van der Waals surface area (Å²) >= 11 is 1.13. The fraction of sp³-hybridized carbons (Fsp3) is 0.615. The van der Waals surface area contributed by atoms with Crippen molar-refractivity contribution in [3.8, 4) is 0 Å². The smallest absolute Gasteiger partial charge is 0.264 e. The summed E-state index contributed by atoms with van der Waals surface area (Å²) in [6.07, 6.45) is 0.593. The summed E-state index contributed by atoms with van der Waals surface area (Å²) in [4.78, 5) is 30.3. The first-order chi connectivity index (χ1) is 9.22. The maximum atomic E-state index is 12.2. The first-order valence-electron chi connectivity index (χ1n) is 6.47. The molecule has 2 amide bonds. The van der Waals surface area contributed by atoms with E-state index in [1.807, 2.05) is 13.8 Å². The van der Waals surface area contributed by atoms with Gasteiger partial charge < -0.3 is 16.0 Å². The predicted molar refractivity (Wildman–Crippen MR) is 80.7 cm³/mol. The van der Waals surface area contributed by atoms with Crippen molar-refractivity contribution >= 4 is 28.3 Å². The van der Waals surface area contributed by atoms with E-state index in [1.165, 1.54) is 4.90 Å². The first-order valence-corrected chi connectivity index (χ1v) is 7.29. The van der Waals surface area contributed by atoms with Gasteiger partial charge in [0.05, 0.1) is 5.69 Å². The van der Waals surface area contributed by atoms with Crippen LogP contribution in [-0.2, 0) is 4.79 Å². The molecule has 0 radical (unpaired) electrons. The number of anilines is 1. The highest BCUT2D eigenvalue weighted by Gasteiger charge is 2.25. The Kier molecular flexibility index (Phi) is 5.50. The summed E-state index contributed by atoms with van der Waals surface area (Å²) in [5, 5.41) is 3.14. The molecule has 6 nitrogen and oxygen atoms in total. The quantitative estimate of drug-likeness (QED) is 0.856. The molecule has 0 saturated heterocycles. The zero-order chi connectivity index (χ0) is 15.4. The van der Waals surface area contributed by atoms with E-state index in [2.05, 4.69) is 10.3 Å². The zero-order valence-electron chi connectivity index (χ0n) is 12.6. The second-order valence-corrected chi connectivity index (χ2v) is 6.39. The van der Waals surface area contributed by atoms with Crippen LogP contribution < -0.4 is 11.1 Å². The van der Waals surface area contributed by atoms with Crippen LogP contribution in [0.5, 0.6) is 0 Å². The molecule has 1 heterocycles. The fourth-order valence-corrected chi connectivity index (χ4v) is 2.59. The Balaban J connectivity index is 2.86. The Morgan fingerprint density at radius 3 is 2.40 bits per heavy atom. The van der Waals surface area contributed by atoms with Gasteiger partial charge in [0.1, 0.15) is 10.9 Å². The van der Waals surface area contributed by atoms with Gasteiger partial charge in [-0.2, -0.15) is 0 Å². The summed E-state index contributed by atoms with van der Waals surface area (Å²) in [5.74, 6) is -0.100. The third-order valence-electron chi connectivity index (χ3n) is 2.77. The highest BCUT2D eigenvalue weighted by atomic mass is 32.1. The van der Waals surface area contributed by atoms with E-state index < -0.39 is 6.04 Å². The van der Waals surface area contributed by atoms with Crippen LogP contribution in [0.1, 0.15) is 35.6 Å². The lowest BCUT2D eigenvalue weighted by molar-refractivity contribution is -0.131. The third kappa shape index (κ3) is 4.19. The van der Waals surface area contributed by atoms with E-state index in [4.69, 9.17) is 5.73 Å². The fourth-order valence-electron chi connectivity index (χ4n) is 1.86. The molecule has 7 heteroatoms. The van der Waals surface area contributed by atoms with Crippen molar-refractivity contribution in [2.75, 3.05) is 19.8 Å². The van der Waals surface area contributed by atoms with Crippen LogP contribution in [0.25, 0.3) is 0 Å². The van der Waals surface area contributed by atoms with Crippen LogP contribution in [0.2, 0.25) is 0 Å². The second kappa shape index (κ2) is 6.69. The number of rotatable bonds is 5. The second-order valence-electron chi connectivity index (χ2n) is 5.35. The van der Waals surface area contributed by atoms with E-state index in [-0.39, 0.29) is 11.8 Å². The molecule has 112 valence electrons. The molecule has 3 N–H and O–H groups in total. The lowest BCUT2D eigenvalue weighted by Crippen LogP contribution is -2.46. The standard InChI is InChI=1S/C13H22N4O2S/c1-7(2)6-9(12(19)17(4)5)16-11(18)10-8(3)15-13(14)20-10/h7,9H,6H2,1-5H3,(H2,14,15)(H,16,18). The molecule has 0 aromatic carbocycles. The van der Waals surface area contributed by atoms with Gasteiger partial charge in [0.15, 0.2) is 5.13 Å². The number of nitrogens with two attached hydrogens (primary N) is 1. The van der Waals surface area contributed by atoms with Crippen molar-refractivity contribution in [2.45, 2.75) is 33.2 Å². The molecule has 1 unspecified atom stereocenters. The number of nitrogen functional groups attached to an aromatic ring is 1. The molecule has 0 aliphatic heterocycles. The molecule has 1 aromatic heterocycles. The summed E-state index contributed by atoms with van der Waals surface area (Å²) in [5.41, 5.74) is 6.18. The molecule has 1 aromatic rings. The number of nitrogens with one attached hydrogen (secondary N) is 1. The van der Waals surface area contributed by atoms with Gasteiger partial charge in [0, 0.05) is 14.1 Å². The minimum absolute atomic E-state index is 0.109. The van der Waals surface area contributed by atoms with Crippen molar-refractivity contribution in [1.29, 1.82) is 0 Å². The van der Waals surface area contributed by atoms with Crippen molar-refractivity contribution in [3.05, 3.63) is 10.6 Å². The molecular formula is C13H22N4O2S. The Morgan fingerprint density at radius 2 is 2.00 bits per heavy atom. The molecule has 0 fully saturated rings. The summed E-state index contributed by atoms with van der Waals surface area (Å²) in [6.45, 7) is 5.75. The minimum atomic E-state index is -0.528. The van der Waals surface area contributed by atoms with E-state index in [9.17, 15) is 9.59 Å². The molecular weight excluding hydrogens is 276 g/mol. The van der Waals surface area contributed by atoms with Crippen LogP contribution in [0.15, 0.2) is 0 Å². The largest absolute Gasteiger partial charge is 0.375 e. The minimum Gasteiger partial charge on any atom is -0.375 e. The van der Waals surface area contributed by atoms with Gasteiger partial charge in [-0.25, -0.2) is 4.98 Å². The monoisotopic (exact) mass is 298 g/mol. The molecule has 0 aliphatic rings. The Labute approximate surface area is 123 Å².